The van der Waals surface area contributed by atoms with E-state index in [4.69, 9.17) is 4.74 Å². The molecule has 2 aliphatic heterocycles. The summed E-state index contributed by atoms with van der Waals surface area (Å²) in [6, 6.07) is 3.17. The third-order valence-electron chi connectivity index (χ3n) is 4.98. The van der Waals surface area contributed by atoms with Crippen LogP contribution >= 0.6 is 0 Å². The lowest BCUT2D eigenvalue weighted by Gasteiger charge is -2.32. The Morgan fingerprint density at radius 2 is 1.68 bits per heavy atom. The van der Waals surface area contributed by atoms with E-state index in [1.54, 1.807) is 4.90 Å². The minimum Gasteiger partial charge on any atom is -0.378 e. The van der Waals surface area contributed by atoms with Crippen molar-refractivity contribution in [2.45, 2.75) is 44.6 Å². The van der Waals surface area contributed by atoms with Gasteiger partial charge in [-0.05, 0) is 44.7 Å². The monoisotopic (exact) mass is 366 g/mol. The Kier molecular flexibility index (Phi) is 5.18. The van der Waals surface area contributed by atoms with E-state index >= 15 is 0 Å². The van der Waals surface area contributed by atoms with Gasteiger partial charge in [0.25, 0.3) is 0 Å². The van der Waals surface area contributed by atoms with E-state index in [0.29, 0.717) is 50.6 Å². The van der Waals surface area contributed by atoms with Gasteiger partial charge in [0.15, 0.2) is 0 Å². The molecule has 0 saturated carbocycles. The van der Waals surface area contributed by atoms with Gasteiger partial charge in [0.05, 0.1) is 18.1 Å². The van der Waals surface area contributed by atoms with Crippen molar-refractivity contribution < 1.29 is 17.9 Å². The molecule has 2 fully saturated rings. The summed E-state index contributed by atoms with van der Waals surface area (Å²) in [5.41, 5.74) is 2.51. The maximum absolute atomic E-state index is 13.3. The topological polar surface area (TPSA) is 66.9 Å². The molecule has 2 heterocycles. The molecule has 25 heavy (non-hydrogen) atoms. The van der Waals surface area contributed by atoms with Crippen molar-refractivity contribution in [1.82, 2.24) is 9.21 Å². The Balaban J connectivity index is 1.92. The molecule has 0 aliphatic carbocycles. The number of amides is 1. The van der Waals surface area contributed by atoms with Crippen LogP contribution in [0.25, 0.3) is 0 Å². The van der Waals surface area contributed by atoms with E-state index in [2.05, 4.69) is 0 Å². The fourth-order valence-electron chi connectivity index (χ4n) is 3.96. The summed E-state index contributed by atoms with van der Waals surface area (Å²) >= 11 is 0. The summed E-state index contributed by atoms with van der Waals surface area (Å²) in [5.74, 6) is -0.0909. The number of ether oxygens (including phenoxy) is 1. The predicted octanol–water partition coefficient (Wildman–Crippen LogP) is 1.62. The lowest BCUT2D eigenvalue weighted by Crippen LogP contribution is -2.51. The number of rotatable bonds is 3. The van der Waals surface area contributed by atoms with Crippen molar-refractivity contribution in [3.63, 3.8) is 0 Å². The molecule has 1 aromatic carbocycles. The number of carbonyl (C=O) groups excluding carboxylic acids is 1. The summed E-state index contributed by atoms with van der Waals surface area (Å²) in [6.07, 6.45) is 1.29. The summed E-state index contributed by atoms with van der Waals surface area (Å²) in [6.45, 7) is 8.09. The van der Waals surface area contributed by atoms with Crippen molar-refractivity contribution >= 4 is 15.9 Å². The number of hydrogen-bond donors (Lipinski definition) is 0. The van der Waals surface area contributed by atoms with E-state index in [1.807, 2.05) is 32.9 Å². The lowest BCUT2D eigenvalue weighted by molar-refractivity contribution is -0.138. The van der Waals surface area contributed by atoms with Crippen molar-refractivity contribution in [2.75, 3.05) is 32.8 Å². The second kappa shape index (κ2) is 7.05. The zero-order valence-electron chi connectivity index (χ0n) is 15.1. The van der Waals surface area contributed by atoms with Crippen LogP contribution in [-0.2, 0) is 19.6 Å². The number of hydrogen-bond acceptors (Lipinski definition) is 4. The van der Waals surface area contributed by atoms with Gasteiger partial charge in [0, 0.05) is 19.6 Å². The molecule has 0 aromatic heterocycles. The van der Waals surface area contributed by atoms with Gasteiger partial charge in [-0.25, -0.2) is 8.42 Å². The summed E-state index contributed by atoms with van der Waals surface area (Å²) < 4.78 is 33.3. The van der Waals surface area contributed by atoms with E-state index in [1.165, 1.54) is 4.31 Å². The smallest absolute Gasteiger partial charge is 0.244 e. The highest BCUT2D eigenvalue weighted by atomic mass is 32.2. The SMILES string of the molecule is Cc1cc(C)c(S(=O)(=O)N2CCC[C@@H]2C(=O)N2CCOCC2)c(C)c1. The largest absolute Gasteiger partial charge is 0.378 e. The first-order valence-corrected chi connectivity index (χ1v) is 10.2. The molecule has 3 rings (SSSR count). The summed E-state index contributed by atoms with van der Waals surface area (Å²) in [7, 11) is -3.70. The van der Waals surface area contributed by atoms with Gasteiger partial charge in [0.2, 0.25) is 15.9 Å². The van der Waals surface area contributed by atoms with Crippen LogP contribution in [0, 0.1) is 20.8 Å². The maximum Gasteiger partial charge on any atom is 0.244 e. The summed E-state index contributed by atoms with van der Waals surface area (Å²) in [5, 5.41) is 0. The number of carbonyl (C=O) groups is 1. The zero-order valence-corrected chi connectivity index (χ0v) is 15.9. The van der Waals surface area contributed by atoms with Crippen LogP contribution in [-0.4, -0.2) is 62.4 Å². The average molecular weight is 366 g/mol. The van der Waals surface area contributed by atoms with Crippen LogP contribution in [0.15, 0.2) is 17.0 Å². The Labute approximate surface area is 149 Å². The third kappa shape index (κ3) is 3.45. The average Bonchev–Trinajstić information content (AvgIpc) is 3.04. The molecule has 6 nitrogen and oxygen atoms in total. The molecule has 7 heteroatoms. The van der Waals surface area contributed by atoms with Gasteiger partial charge in [-0.2, -0.15) is 4.31 Å². The molecule has 2 saturated heterocycles. The van der Waals surface area contributed by atoms with Crippen LogP contribution in [0.1, 0.15) is 29.5 Å². The van der Waals surface area contributed by atoms with Crippen molar-refractivity contribution in [2.24, 2.45) is 0 Å². The first kappa shape index (κ1) is 18.4. The van der Waals surface area contributed by atoms with Gasteiger partial charge in [-0.15, -0.1) is 0 Å². The Bertz CT molecular complexity index is 746. The second-order valence-electron chi connectivity index (χ2n) is 6.94. The molecular weight excluding hydrogens is 340 g/mol. The number of nitrogens with zero attached hydrogens (tertiary/aromatic N) is 2. The molecule has 1 amide bonds. The Morgan fingerprint density at radius 3 is 2.28 bits per heavy atom. The summed E-state index contributed by atoms with van der Waals surface area (Å²) in [4.78, 5) is 15.0. The fourth-order valence-corrected chi connectivity index (χ4v) is 6.03. The molecule has 1 aromatic rings. The normalized spacial score (nSPS) is 22.4. The first-order valence-electron chi connectivity index (χ1n) is 8.78. The lowest BCUT2D eigenvalue weighted by atomic mass is 10.1. The van der Waals surface area contributed by atoms with Crippen LogP contribution < -0.4 is 0 Å². The van der Waals surface area contributed by atoms with E-state index in [0.717, 1.165) is 16.7 Å². The molecule has 138 valence electrons. The van der Waals surface area contributed by atoms with Crippen LogP contribution in [0.4, 0.5) is 0 Å². The Morgan fingerprint density at radius 1 is 1.08 bits per heavy atom. The highest BCUT2D eigenvalue weighted by Crippen LogP contribution is 2.31. The van der Waals surface area contributed by atoms with Gasteiger partial charge >= 0.3 is 0 Å². The number of aryl methyl sites for hydroxylation is 3. The maximum atomic E-state index is 13.3. The molecule has 2 aliphatic rings. The van der Waals surface area contributed by atoms with E-state index < -0.39 is 16.1 Å². The minimum absolute atomic E-state index is 0.0909. The fraction of sp³-hybridized carbons (Fsp3) is 0.611. The number of benzene rings is 1. The molecule has 0 spiro atoms. The molecule has 0 radical (unpaired) electrons. The standard InChI is InChI=1S/C18H26N2O4S/c1-13-11-14(2)17(15(3)12-13)25(22,23)20-6-4-5-16(20)18(21)19-7-9-24-10-8-19/h11-12,16H,4-10H2,1-3H3/t16-/m1/s1. The molecule has 1 atom stereocenters. The second-order valence-corrected chi connectivity index (χ2v) is 8.77. The molecule has 0 bridgehead atoms. The zero-order chi connectivity index (χ0) is 18.2. The van der Waals surface area contributed by atoms with Crippen LogP contribution in [0.3, 0.4) is 0 Å². The molecule has 0 N–H and O–H groups in total. The van der Waals surface area contributed by atoms with Crippen molar-refractivity contribution in [1.29, 1.82) is 0 Å². The van der Waals surface area contributed by atoms with Crippen LogP contribution in [0.2, 0.25) is 0 Å². The third-order valence-corrected chi connectivity index (χ3v) is 7.20. The first-order chi connectivity index (χ1) is 11.8. The molecule has 0 unspecified atom stereocenters. The van der Waals surface area contributed by atoms with Gasteiger partial charge in [0.1, 0.15) is 6.04 Å². The van der Waals surface area contributed by atoms with Gasteiger partial charge < -0.3 is 9.64 Å². The predicted molar refractivity (Wildman–Crippen MR) is 95.0 cm³/mol. The highest BCUT2D eigenvalue weighted by Gasteiger charge is 2.42. The van der Waals surface area contributed by atoms with Gasteiger partial charge in [-0.3, -0.25) is 4.79 Å². The molecular formula is C18H26N2O4S. The van der Waals surface area contributed by atoms with Gasteiger partial charge in [-0.1, -0.05) is 17.7 Å². The Hall–Kier alpha value is -1.44. The highest BCUT2D eigenvalue weighted by molar-refractivity contribution is 7.89. The number of morpholine rings is 1. The quantitative estimate of drug-likeness (QED) is 0.815. The van der Waals surface area contributed by atoms with E-state index in [-0.39, 0.29) is 5.91 Å². The van der Waals surface area contributed by atoms with Crippen LogP contribution in [0.5, 0.6) is 0 Å². The van der Waals surface area contributed by atoms with Crippen molar-refractivity contribution in [3.05, 3.63) is 28.8 Å². The number of sulfonamides is 1. The van der Waals surface area contributed by atoms with E-state index in [9.17, 15) is 13.2 Å². The van der Waals surface area contributed by atoms with Crippen molar-refractivity contribution in [3.8, 4) is 0 Å². The minimum atomic E-state index is -3.70.